The molecule has 8 heteroatoms. The molecule has 0 unspecified atom stereocenters. The van der Waals surface area contributed by atoms with Gasteiger partial charge in [0, 0.05) is 16.1 Å². The predicted molar refractivity (Wildman–Crippen MR) is 97.3 cm³/mol. The van der Waals surface area contributed by atoms with Crippen LogP contribution in [0.3, 0.4) is 0 Å². The van der Waals surface area contributed by atoms with E-state index in [1.54, 1.807) is 18.3 Å². The molecule has 0 bridgehead atoms. The second-order valence-corrected chi connectivity index (χ2v) is 6.02. The van der Waals surface area contributed by atoms with Gasteiger partial charge in [-0.25, -0.2) is 10.4 Å². The van der Waals surface area contributed by atoms with Crippen molar-refractivity contribution in [1.82, 2.24) is 15.2 Å². The number of hydrazone groups is 1. The van der Waals surface area contributed by atoms with Crippen LogP contribution in [0.25, 0.3) is 11.3 Å². The second-order valence-electron chi connectivity index (χ2n) is 4.73. The minimum atomic E-state index is 0.0435. The van der Waals surface area contributed by atoms with Crippen LogP contribution in [-0.2, 0) is 0 Å². The summed E-state index contributed by atoms with van der Waals surface area (Å²) in [6.07, 6.45) is 2.99. The van der Waals surface area contributed by atoms with Crippen molar-refractivity contribution in [3.63, 3.8) is 0 Å². The third-order valence-corrected chi connectivity index (χ3v) is 3.88. The van der Waals surface area contributed by atoms with Gasteiger partial charge in [-0.2, -0.15) is 10.2 Å². The van der Waals surface area contributed by atoms with Gasteiger partial charge in [-0.3, -0.25) is 0 Å². The maximum atomic E-state index is 9.94. The molecule has 6 nitrogen and oxygen atoms in total. The summed E-state index contributed by atoms with van der Waals surface area (Å²) in [4.78, 5) is 4.34. The molecule has 3 aromatic rings. The van der Waals surface area contributed by atoms with Crippen LogP contribution in [0, 0.1) is 0 Å². The molecule has 0 aliphatic rings. The molecule has 0 atom stereocenters. The van der Waals surface area contributed by atoms with E-state index in [9.17, 15) is 5.11 Å². The van der Waals surface area contributed by atoms with E-state index in [0.717, 1.165) is 5.56 Å². The average Bonchev–Trinajstić information content (AvgIpc) is 2.60. The SMILES string of the molecule is Oc1c(Br)cc(Cl)cc1/C=N\Nc1nncc(-c2ccccc2)n1. The summed E-state index contributed by atoms with van der Waals surface area (Å²) in [5, 5.41) is 22.2. The number of benzene rings is 2. The maximum absolute atomic E-state index is 9.94. The fraction of sp³-hybridized carbons (Fsp3) is 0. The van der Waals surface area contributed by atoms with E-state index in [0.29, 0.717) is 20.8 Å². The first-order valence-corrected chi connectivity index (χ1v) is 8.03. The van der Waals surface area contributed by atoms with Crippen LogP contribution in [-0.4, -0.2) is 26.5 Å². The van der Waals surface area contributed by atoms with Crippen molar-refractivity contribution >= 4 is 39.7 Å². The van der Waals surface area contributed by atoms with Crippen LogP contribution in [0.2, 0.25) is 5.02 Å². The lowest BCUT2D eigenvalue weighted by molar-refractivity contribution is 0.471. The first-order valence-electron chi connectivity index (χ1n) is 6.86. The van der Waals surface area contributed by atoms with Gasteiger partial charge in [-0.15, -0.1) is 5.10 Å². The van der Waals surface area contributed by atoms with Crippen molar-refractivity contribution in [2.24, 2.45) is 5.10 Å². The lowest BCUT2D eigenvalue weighted by atomic mass is 10.2. The smallest absolute Gasteiger partial charge is 0.263 e. The number of nitrogens with zero attached hydrogens (tertiary/aromatic N) is 4. The highest BCUT2D eigenvalue weighted by Gasteiger charge is 2.06. The Morgan fingerprint density at radius 2 is 2.00 bits per heavy atom. The van der Waals surface area contributed by atoms with Crippen molar-refractivity contribution in [2.45, 2.75) is 0 Å². The van der Waals surface area contributed by atoms with Gasteiger partial charge in [0.25, 0.3) is 5.95 Å². The van der Waals surface area contributed by atoms with Gasteiger partial charge in [0.15, 0.2) is 0 Å². The molecule has 0 radical (unpaired) electrons. The van der Waals surface area contributed by atoms with E-state index in [4.69, 9.17) is 11.6 Å². The highest BCUT2D eigenvalue weighted by atomic mass is 79.9. The van der Waals surface area contributed by atoms with Crippen LogP contribution in [0.5, 0.6) is 5.75 Å². The number of aromatic hydroxyl groups is 1. The number of aromatic nitrogens is 3. The van der Waals surface area contributed by atoms with E-state index in [1.807, 2.05) is 30.3 Å². The Hall–Kier alpha value is -2.51. The second kappa shape index (κ2) is 7.37. The van der Waals surface area contributed by atoms with Gasteiger partial charge in [-0.1, -0.05) is 41.9 Å². The summed E-state index contributed by atoms with van der Waals surface area (Å²) in [6.45, 7) is 0. The first kappa shape index (κ1) is 16.4. The summed E-state index contributed by atoms with van der Waals surface area (Å²) in [6, 6.07) is 12.8. The Morgan fingerprint density at radius 1 is 1.21 bits per heavy atom. The molecule has 0 saturated carbocycles. The summed E-state index contributed by atoms with van der Waals surface area (Å²) in [5.41, 5.74) is 4.74. The summed E-state index contributed by atoms with van der Waals surface area (Å²) in [7, 11) is 0. The number of halogens is 2. The average molecular weight is 405 g/mol. The fourth-order valence-electron chi connectivity index (χ4n) is 1.94. The monoisotopic (exact) mass is 403 g/mol. The van der Waals surface area contributed by atoms with Crippen LogP contribution in [0.4, 0.5) is 5.95 Å². The third kappa shape index (κ3) is 3.87. The largest absolute Gasteiger partial charge is 0.506 e. The van der Waals surface area contributed by atoms with Crippen LogP contribution >= 0.6 is 27.5 Å². The third-order valence-electron chi connectivity index (χ3n) is 3.05. The molecule has 1 aromatic heterocycles. The van der Waals surface area contributed by atoms with Crippen LogP contribution < -0.4 is 5.43 Å². The summed E-state index contributed by atoms with van der Waals surface area (Å²) >= 11 is 9.17. The van der Waals surface area contributed by atoms with Gasteiger partial charge in [0.1, 0.15) is 5.75 Å². The van der Waals surface area contributed by atoms with Crippen molar-refractivity contribution in [2.75, 3.05) is 5.43 Å². The number of nitrogens with one attached hydrogen (secondary N) is 1. The number of anilines is 1. The zero-order valence-electron chi connectivity index (χ0n) is 12.2. The Labute approximate surface area is 151 Å². The van der Waals surface area contributed by atoms with Crippen molar-refractivity contribution < 1.29 is 5.11 Å². The molecular formula is C16H11BrClN5O. The lowest BCUT2D eigenvalue weighted by Crippen LogP contribution is -2.00. The van der Waals surface area contributed by atoms with E-state index < -0.39 is 0 Å². The molecular weight excluding hydrogens is 394 g/mol. The molecule has 2 N–H and O–H groups in total. The Balaban J connectivity index is 1.78. The molecule has 0 amide bonds. The van der Waals surface area contributed by atoms with Crippen LogP contribution in [0.15, 0.2) is 58.2 Å². The Bertz CT molecular complexity index is 889. The number of phenolic OH excluding ortho intramolecular Hbond substituents is 1. The van der Waals surface area contributed by atoms with Gasteiger partial charge in [0.05, 0.1) is 22.6 Å². The Morgan fingerprint density at radius 3 is 2.79 bits per heavy atom. The molecule has 24 heavy (non-hydrogen) atoms. The van der Waals surface area contributed by atoms with E-state index in [1.165, 1.54) is 6.21 Å². The number of rotatable bonds is 4. The quantitative estimate of drug-likeness (QED) is 0.505. The zero-order valence-corrected chi connectivity index (χ0v) is 14.5. The van der Waals surface area contributed by atoms with Crippen molar-refractivity contribution in [3.05, 3.63) is 63.7 Å². The molecule has 0 saturated heterocycles. The minimum absolute atomic E-state index is 0.0435. The maximum Gasteiger partial charge on any atom is 0.263 e. The zero-order chi connectivity index (χ0) is 16.9. The molecule has 0 aliphatic carbocycles. The molecule has 2 aromatic carbocycles. The molecule has 0 spiro atoms. The van der Waals surface area contributed by atoms with Crippen molar-refractivity contribution in [1.29, 1.82) is 0 Å². The lowest BCUT2D eigenvalue weighted by Gasteiger charge is -2.03. The topological polar surface area (TPSA) is 83.3 Å². The number of hydrogen-bond acceptors (Lipinski definition) is 6. The molecule has 120 valence electrons. The number of phenols is 1. The van der Waals surface area contributed by atoms with Gasteiger partial charge < -0.3 is 5.11 Å². The van der Waals surface area contributed by atoms with E-state index >= 15 is 0 Å². The molecule has 0 aliphatic heterocycles. The highest BCUT2D eigenvalue weighted by Crippen LogP contribution is 2.30. The van der Waals surface area contributed by atoms with Gasteiger partial charge >= 0.3 is 0 Å². The minimum Gasteiger partial charge on any atom is -0.506 e. The fourth-order valence-corrected chi connectivity index (χ4v) is 2.78. The predicted octanol–water partition coefficient (Wildman–Crippen LogP) is 4.11. The van der Waals surface area contributed by atoms with E-state index in [-0.39, 0.29) is 11.7 Å². The Kier molecular flexibility index (Phi) is 5.02. The van der Waals surface area contributed by atoms with Gasteiger partial charge in [0.2, 0.25) is 0 Å². The highest BCUT2D eigenvalue weighted by molar-refractivity contribution is 9.10. The van der Waals surface area contributed by atoms with Gasteiger partial charge in [-0.05, 0) is 28.1 Å². The summed E-state index contributed by atoms with van der Waals surface area (Å²) in [5.74, 6) is 0.287. The number of hydrogen-bond donors (Lipinski definition) is 2. The van der Waals surface area contributed by atoms with Crippen LogP contribution in [0.1, 0.15) is 5.56 Å². The van der Waals surface area contributed by atoms with E-state index in [2.05, 4.69) is 41.6 Å². The molecule has 1 heterocycles. The normalized spacial score (nSPS) is 10.9. The molecule has 3 rings (SSSR count). The standard InChI is InChI=1S/C16H11BrClN5O/c17-13-7-12(18)6-11(15(13)24)8-19-22-16-21-14(9-20-23-16)10-4-2-1-3-5-10/h1-9,24H,(H,21,22,23)/b19-8-. The van der Waals surface area contributed by atoms with Crippen molar-refractivity contribution in [3.8, 4) is 17.0 Å². The first-order chi connectivity index (χ1) is 11.6. The summed E-state index contributed by atoms with van der Waals surface area (Å²) < 4.78 is 0.487. The molecule has 0 fully saturated rings.